The largest absolute Gasteiger partial charge is 0.477 e. The van der Waals surface area contributed by atoms with Crippen LogP contribution in [0.15, 0.2) is 70.8 Å². The number of amides is 3. The first-order valence-electron chi connectivity index (χ1n) is 12.4. The highest BCUT2D eigenvalue weighted by atomic mass is 35.5. The molecule has 10 nitrogen and oxygen atoms in total. The number of hydrogen-bond acceptors (Lipinski definition) is 7. The molecule has 1 aromatic carbocycles. The lowest BCUT2D eigenvalue weighted by Gasteiger charge is -2.49. The molecular weight excluding hydrogens is 562 g/mol. The molecule has 2 saturated heterocycles. The number of nitrogens with zero attached hydrogens (tertiary/aromatic N) is 3. The minimum absolute atomic E-state index is 0.0369. The minimum Gasteiger partial charge on any atom is -0.477 e. The number of hydrogen-bond donors (Lipinski definition) is 3. The quantitative estimate of drug-likeness (QED) is 0.256. The molecule has 6 rings (SSSR count). The van der Waals surface area contributed by atoms with Gasteiger partial charge in [-0.3, -0.25) is 19.3 Å². The Morgan fingerprint density at radius 2 is 2.03 bits per heavy atom. The molecule has 0 radical (unpaired) electrons. The monoisotopic (exact) mass is 587 g/mol. The van der Waals surface area contributed by atoms with Crippen molar-refractivity contribution in [3.8, 4) is 0 Å². The van der Waals surface area contributed by atoms with Gasteiger partial charge in [0, 0.05) is 46.2 Å². The van der Waals surface area contributed by atoms with Crippen molar-refractivity contribution < 1.29 is 24.3 Å². The number of carbonyl (C=O) groups excluding carboxylic acids is 3. The van der Waals surface area contributed by atoms with Crippen molar-refractivity contribution in [2.24, 2.45) is 0 Å². The molecule has 1 aliphatic carbocycles. The van der Waals surface area contributed by atoms with Gasteiger partial charge in [-0.05, 0) is 55.2 Å². The lowest BCUT2D eigenvalue weighted by atomic mass is 10.0. The van der Waals surface area contributed by atoms with E-state index in [0.29, 0.717) is 40.9 Å². The van der Waals surface area contributed by atoms with Crippen molar-refractivity contribution in [2.75, 3.05) is 18.1 Å². The number of aromatic amines is 1. The molecule has 0 spiro atoms. The second-order valence-electron chi connectivity index (χ2n) is 9.29. The molecule has 3 amide bonds. The summed E-state index contributed by atoms with van der Waals surface area (Å²) in [6.45, 7) is 0.658. The molecule has 3 fully saturated rings. The summed E-state index contributed by atoms with van der Waals surface area (Å²) in [6.07, 6.45) is 9.36. The standard InChI is InChI=1S/C23H22ClN3O5S2.C3H4N2/c24-14-1-5-16(6-2-14)33-11-17(28)25-18-21(30)27-19(23(31)32)13(10-34-22(18)27)9-12-7-8-26(20(12)29)15-3-4-15;1-2-5-3-4-1/h1-2,5-6,9,15,18,22H,3-4,7-8,10-11H2,(H,25,28)(H,31,32);1-3H,(H,4,5)/t18-,22-;/m1./s1. The third-order valence-electron chi connectivity index (χ3n) is 6.60. The first kappa shape index (κ1) is 27.4. The van der Waals surface area contributed by atoms with Gasteiger partial charge in [-0.2, -0.15) is 0 Å². The van der Waals surface area contributed by atoms with Crippen molar-refractivity contribution in [3.05, 3.63) is 70.9 Å². The van der Waals surface area contributed by atoms with Gasteiger partial charge >= 0.3 is 5.97 Å². The van der Waals surface area contributed by atoms with Gasteiger partial charge in [-0.25, -0.2) is 9.78 Å². The van der Waals surface area contributed by atoms with Crippen LogP contribution in [0.25, 0.3) is 0 Å². The zero-order valence-electron chi connectivity index (χ0n) is 20.7. The Morgan fingerprint density at radius 1 is 1.26 bits per heavy atom. The molecule has 3 aliphatic heterocycles. The maximum Gasteiger partial charge on any atom is 0.352 e. The number of carbonyl (C=O) groups is 4. The zero-order chi connectivity index (χ0) is 27.5. The predicted molar refractivity (Wildman–Crippen MR) is 148 cm³/mol. The molecule has 0 bridgehead atoms. The summed E-state index contributed by atoms with van der Waals surface area (Å²) < 4.78 is 0. The predicted octanol–water partition coefficient (Wildman–Crippen LogP) is 2.90. The van der Waals surface area contributed by atoms with Crippen LogP contribution < -0.4 is 5.32 Å². The number of fused-ring (bicyclic) bond motifs is 1. The number of aromatic nitrogens is 2. The molecule has 204 valence electrons. The molecule has 13 heteroatoms. The molecule has 3 N–H and O–H groups in total. The second kappa shape index (κ2) is 11.9. The zero-order valence-corrected chi connectivity index (χ0v) is 23.1. The summed E-state index contributed by atoms with van der Waals surface area (Å²) >= 11 is 8.59. The Morgan fingerprint density at radius 3 is 2.64 bits per heavy atom. The number of rotatable bonds is 7. The number of aliphatic carboxylic acids is 1. The number of β-lactam (4-membered cyclic amide) rings is 1. The summed E-state index contributed by atoms with van der Waals surface area (Å²) in [5.74, 6) is -1.52. The van der Waals surface area contributed by atoms with Gasteiger partial charge in [0.25, 0.3) is 5.91 Å². The average molecular weight is 588 g/mol. The fraction of sp³-hybridized carbons (Fsp3) is 0.346. The fourth-order valence-electron chi connectivity index (χ4n) is 4.58. The van der Waals surface area contributed by atoms with E-state index in [-0.39, 0.29) is 23.3 Å². The third kappa shape index (κ3) is 6.18. The maximum absolute atomic E-state index is 12.8. The Hall–Kier alpha value is -3.22. The molecule has 1 saturated carbocycles. The van der Waals surface area contributed by atoms with Crippen molar-refractivity contribution >= 4 is 58.8 Å². The van der Waals surface area contributed by atoms with E-state index in [0.717, 1.165) is 17.7 Å². The first-order valence-corrected chi connectivity index (χ1v) is 14.8. The van der Waals surface area contributed by atoms with E-state index in [2.05, 4.69) is 15.3 Å². The molecular formula is C26H26ClN5O5S2. The van der Waals surface area contributed by atoms with Crippen LogP contribution in [0.5, 0.6) is 0 Å². The van der Waals surface area contributed by atoms with E-state index < -0.39 is 23.3 Å². The highest BCUT2D eigenvalue weighted by Gasteiger charge is 2.54. The van der Waals surface area contributed by atoms with Crippen LogP contribution in [0.3, 0.4) is 0 Å². The molecule has 4 aliphatic rings. The van der Waals surface area contributed by atoms with Crippen LogP contribution in [-0.4, -0.2) is 84.1 Å². The van der Waals surface area contributed by atoms with E-state index in [1.165, 1.54) is 28.4 Å². The number of halogens is 1. The summed E-state index contributed by atoms with van der Waals surface area (Å²) in [7, 11) is 0. The van der Waals surface area contributed by atoms with E-state index in [9.17, 15) is 24.3 Å². The highest BCUT2D eigenvalue weighted by Crippen LogP contribution is 2.42. The van der Waals surface area contributed by atoms with Crippen LogP contribution in [0.2, 0.25) is 5.02 Å². The van der Waals surface area contributed by atoms with Gasteiger partial charge < -0.3 is 20.3 Å². The number of H-pyrrole nitrogens is 1. The van der Waals surface area contributed by atoms with Crippen molar-refractivity contribution in [1.82, 2.24) is 25.1 Å². The summed E-state index contributed by atoms with van der Waals surface area (Å²) in [5, 5.41) is 12.7. The Bertz CT molecular complexity index is 1310. The van der Waals surface area contributed by atoms with Crippen molar-refractivity contribution in [2.45, 2.75) is 41.6 Å². The van der Waals surface area contributed by atoms with Crippen molar-refractivity contribution in [3.63, 3.8) is 0 Å². The first-order chi connectivity index (χ1) is 18.8. The highest BCUT2D eigenvalue weighted by molar-refractivity contribution is 8.00. The topological polar surface area (TPSA) is 136 Å². The number of carboxylic acid groups (broad SMARTS) is 1. The van der Waals surface area contributed by atoms with Gasteiger partial charge in [-0.1, -0.05) is 11.6 Å². The van der Waals surface area contributed by atoms with E-state index >= 15 is 0 Å². The molecule has 2 atom stereocenters. The summed E-state index contributed by atoms with van der Waals surface area (Å²) in [6, 6.07) is 6.64. The van der Waals surface area contributed by atoms with Crippen LogP contribution in [0.1, 0.15) is 19.3 Å². The van der Waals surface area contributed by atoms with Gasteiger partial charge in [0.15, 0.2) is 0 Å². The van der Waals surface area contributed by atoms with Crippen LogP contribution in [-0.2, 0) is 19.2 Å². The molecule has 0 unspecified atom stereocenters. The van der Waals surface area contributed by atoms with Crippen LogP contribution in [0, 0.1) is 0 Å². The number of imidazole rings is 1. The SMILES string of the molecule is O=C(CSc1ccc(Cl)cc1)N[C@@H]1C(=O)N2C(C(=O)O)=C(C=C3CCN(C4CC4)C3=O)CS[C@H]12.c1c[nH]cn1. The molecule has 2 aromatic rings. The number of benzene rings is 1. The number of carboxylic acids is 1. The second-order valence-corrected chi connectivity index (χ2v) is 11.9. The molecule has 39 heavy (non-hydrogen) atoms. The molecule has 1 aromatic heterocycles. The van der Waals surface area contributed by atoms with E-state index in [1.807, 2.05) is 17.0 Å². The number of thioether (sulfide) groups is 2. The average Bonchev–Trinajstić information content (AvgIpc) is 3.42. The number of likely N-dealkylation sites (tertiary alicyclic amines) is 1. The van der Waals surface area contributed by atoms with Crippen LogP contribution >= 0.6 is 35.1 Å². The lowest BCUT2D eigenvalue weighted by Crippen LogP contribution is -2.70. The van der Waals surface area contributed by atoms with Gasteiger partial charge in [0.05, 0.1) is 12.1 Å². The molecule has 4 heterocycles. The van der Waals surface area contributed by atoms with Gasteiger partial charge in [-0.15, -0.1) is 23.5 Å². The lowest BCUT2D eigenvalue weighted by molar-refractivity contribution is -0.150. The minimum atomic E-state index is -1.21. The smallest absolute Gasteiger partial charge is 0.352 e. The van der Waals surface area contributed by atoms with E-state index in [1.54, 1.807) is 36.9 Å². The maximum atomic E-state index is 12.8. The normalized spacial score (nSPS) is 23.3. The number of allylic oxidation sites excluding steroid dienone is 1. The fourth-order valence-corrected chi connectivity index (χ4v) is 6.72. The Kier molecular flexibility index (Phi) is 8.34. The van der Waals surface area contributed by atoms with E-state index in [4.69, 9.17) is 11.6 Å². The van der Waals surface area contributed by atoms with Crippen molar-refractivity contribution in [1.29, 1.82) is 0 Å². The van der Waals surface area contributed by atoms with Crippen LogP contribution in [0.4, 0.5) is 0 Å². The summed E-state index contributed by atoms with van der Waals surface area (Å²) in [4.78, 5) is 60.4. The van der Waals surface area contributed by atoms with Gasteiger partial charge in [0.1, 0.15) is 17.1 Å². The van der Waals surface area contributed by atoms with Gasteiger partial charge in [0.2, 0.25) is 11.8 Å². The summed E-state index contributed by atoms with van der Waals surface area (Å²) in [5.41, 5.74) is 0.961. The third-order valence-corrected chi connectivity index (χ3v) is 9.17. The Balaban J connectivity index is 0.000000555. The Labute approximate surface area is 238 Å². The number of nitrogens with one attached hydrogen (secondary N) is 2.